The van der Waals surface area contributed by atoms with E-state index in [9.17, 15) is 0 Å². The quantitative estimate of drug-likeness (QED) is 0.329. The van der Waals surface area contributed by atoms with E-state index in [0.717, 1.165) is 0 Å². The van der Waals surface area contributed by atoms with Crippen LogP contribution in [0.5, 0.6) is 0 Å². The second kappa shape index (κ2) is 13.9. The number of hydrogen-bond acceptors (Lipinski definition) is 3. The van der Waals surface area contributed by atoms with Crippen molar-refractivity contribution < 1.29 is 72.4 Å². The molecule has 52 valence electrons. The molecule has 1 heterocycles. The van der Waals surface area contributed by atoms with E-state index in [4.69, 9.17) is 13.3 Å². The molecule has 4 nitrogen and oxygen atoms in total. The maximum absolute atomic E-state index is 8.44. The summed E-state index contributed by atoms with van der Waals surface area (Å²) in [7, 11) is 0. The van der Waals surface area contributed by atoms with Crippen LogP contribution in [0.2, 0.25) is 0 Å². The van der Waals surface area contributed by atoms with E-state index in [-0.39, 0.29) is 59.1 Å². The number of rotatable bonds is 0. The first kappa shape index (κ1) is 18.2. The van der Waals surface area contributed by atoms with Crippen molar-refractivity contribution in [2.75, 3.05) is 0 Å². The van der Waals surface area contributed by atoms with Crippen LogP contribution in [0.1, 0.15) is 0 Å². The molecule has 0 radical (unpaired) electrons. The van der Waals surface area contributed by atoms with Crippen LogP contribution in [0, 0.1) is 0 Å². The maximum Gasteiger partial charge on any atom is 1.00 e. The number of hydrogen-bond donors (Lipinski definition) is 1. The van der Waals surface area contributed by atoms with Gasteiger partial charge in [-0.1, -0.05) is 0 Å². The number of nitrogens with one attached hydrogen (secondary N) is 1. The first-order valence-corrected chi connectivity index (χ1v) is 3.08. The average Bonchev–Trinajstić information content (AvgIpc) is 2.11. The Morgan fingerprint density at radius 3 is 1.45 bits per heavy atom. The van der Waals surface area contributed by atoms with E-state index in [2.05, 4.69) is 4.98 Å². The molecule has 0 bridgehead atoms. The molecule has 1 aromatic heterocycles. The third-order valence-electron chi connectivity index (χ3n) is 0.496. The zero-order valence-corrected chi connectivity index (χ0v) is 11.3. The zero-order chi connectivity index (χ0) is 7.11. The number of aromatic nitrogens is 1. The van der Waals surface area contributed by atoms with Gasteiger partial charge in [0.05, 0.1) is 0 Å². The van der Waals surface area contributed by atoms with E-state index in [0.29, 0.717) is 0 Å². The predicted octanol–water partition coefficient (Wildman–Crippen LogP) is -5.98. The van der Waals surface area contributed by atoms with Crippen molar-refractivity contribution in [3.8, 4) is 0 Å². The molecule has 0 aliphatic heterocycles. The summed E-state index contributed by atoms with van der Waals surface area (Å²) in [6.45, 7) is 0. The van der Waals surface area contributed by atoms with Gasteiger partial charge in [0.2, 0.25) is 0 Å². The minimum absolute atomic E-state index is 0. The van der Waals surface area contributed by atoms with E-state index in [1.54, 1.807) is 0 Å². The van der Waals surface area contributed by atoms with Crippen molar-refractivity contribution >= 4 is 11.4 Å². The summed E-state index contributed by atoms with van der Waals surface area (Å²) in [6.07, 6.45) is 3.75. The Bertz CT molecular complexity index is 137. The molecule has 0 saturated carbocycles. The standard InChI is InChI=1S/C4H5N.2Na.H2O3S/c1-2-4-5-3-1;;;1-4(2)3/h1-5H;;;(H2,1,2,3)/q;2*+1;/p-2. The molecule has 1 N–H and O–H groups in total. The molecule has 0 aliphatic rings. The van der Waals surface area contributed by atoms with Gasteiger partial charge in [-0.3, -0.25) is 4.21 Å². The van der Waals surface area contributed by atoms with Crippen molar-refractivity contribution in [2.24, 2.45) is 0 Å². The number of aromatic amines is 1. The van der Waals surface area contributed by atoms with E-state index in [1.807, 2.05) is 24.5 Å². The van der Waals surface area contributed by atoms with E-state index >= 15 is 0 Å². The van der Waals surface area contributed by atoms with Crippen LogP contribution in [0.25, 0.3) is 0 Å². The molecule has 0 saturated heterocycles. The summed E-state index contributed by atoms with van der Waals surface area (Å²) in [5.41, 5.74) is 0. The Labute approximate surface area is 112 Å². The van der Waals surface area contributed by atoms with Gasteiger partial charge in [0.1, 0.15) is 0 Å². The van der Waals surface area contributed by atoms with Crippen molar-refractivity contribution in [1.82, 2.24) is 4.98 Å². The topological polar surface area (TPSA) is 79.0 Å². The summed E-state index contributed by atoms with van der Waals surface area (Å²) in [6, 6.07) is 3.89. The molecular weight excluding hydrogens is 188 g/mol. The SMILES string of the molecule is O=S([O-])[O-].[Na+].[Na+].c1cc[nH]c1. The normalized spacial score (nSPS) is 6.82. The Kier molecular flexibility index (Phi) is 23.0. The molecule has 0 unspecified atom stereocenters. The summed E-state index contributed by atoms with van der Waals surface area (Å²) < 4.78 is 25.3. The minimum Gasteiger partial charge on any atom is -0.784 e. The van der Waals surface area contributed by atoms with Gasteiger partial charge >= 0.3 is 59.1 Å². The fourth-order valence-electron chi connectivity index (χ4n) is 0.278. The van der Waals surface area contributed by atoms with Gasteiger partial charge in [-0.15, -0.1) is 11.4 Å². The second-order valence-corrected chi connectivity index (χ2v) is 1.50. The summed E-state index contributed by atoms with van der Waals surface area (Å²) in [4.78, 5) is 2.86. The average molecular weight is 193 g/mol. The van der Waals surface area contributed by atoms with Crippen LogP contribution in [0.3, 0.4) is 0 Å². The third kappa shape index (κ3) is 24.6. The third-order valence-corrected chi connectivity index (χ3v) is 0.496. The minimum atomic E-state index is -3.11. The maximum atomic E-state index is 8.44. The molecule has 0 atom stereocenters. The second-order valence-electron chi connectivity index (χ2n) is 1.09. The Hall–Kier alpha value is 1.35. The van der Waals surface area contributed by atoms with Crippen molar-refractivity contribution in [3.05, 3.63) is 24.5 Å². The molecule has 0 aromatic carbocycles. The molecule has 1 rings (SSSR count). The molecule has 11 heavy (non-hydrogen) atoms. The predicted molar refractivity (Wildman–Crippen MR) is 30.5 cm³/mol. The summed E-state index contributed by atoms with van der Waals surface area (Å²) in [5, 5.41) is 0. The molecular formula is C4H5NNa2O3S. The number of H-pyrrole nitrogens is 1. The van der Waals surface area contributed by atoms with Crippen LogP contribution in [0.15, 0.2) is 24.5 Å². The molecule has 0 fully saturated rings. The van der Waals surface area contributed by atoms with E-state index in [1.165, 1.54) is 0 Å². The smallest absolute Gasteiger partial charge is 0.784 e. The Morgan fingerprint density at radius 2 is 1.36 bits per heavy atom. The van der Waals surface area contributed by atoms with Crippen molar-refractivity contribution in [2.45, 2.75) is 0 Å². The fraction of sp³-hybridized carbons (Fsp3) is 0. The largest absolute Gasteiger partial charge is 1.00 e. The summed E-state index contributed by atoms with van der Waals surface area (Å²) in [5.74, 6) is 0. The fourth-order valence-corrected chi connectivity index (χ4v) is 0.278. The van der Waals surface area contributed by atoms with Gasteiger partial charge in [-0.05, 0) is 12.1 Å². The van der Waals surface area contributed by atoms with Gasteiger partial charge < -0.3 is 14.1 Å². The van der Waals surface area contributed by atoms with Gasteiger partial charge in [0.15, 0.2) is 0 Å². The molecule has 0 spiro atoms. The van der Waals surface area contributed by atoms with Crippen molar-refractivity contribution in [3.63, 3.8) is 0 Å². The first-order valence-electron chi connectivity index (χ1n) is 2.08. The first-order chi connectivity index (χ1) is 4.23. The van der Waals surface area contributed by atoms with Crippen LogP contribution < -0.4 is 59.1 Å². The van der Waals surface area contributed by atoms with Crippen LogP contribution in [-0.4, -0.2) is 18.3 Å². The van der Waals surface area contributed by atoms with Crippen molar-refractivity contribution in [1.29, 1.82) is 0 Å². The monoisotopic (exact) mass is 193 g/mol. The van der Waals surface area contributed by atoms with Crippen LogP contribution in [0.4, 0.5) is 0 Å². The molecule has 0 amide bonds. The Balaban J connectivity index is -0.000000101. The molecule has 0 aliphatic carbocycles. The molecule has 7 heteroatoms. The van der Waals surface area contributed by atoms with Crippen LogP contribution in [-0.2, 0) is 11.4 Å². The van der Waals surface area contributed by atoms with E-state index < -0.39 is 11.4 Å². The Morgan fingerprint density at radius 1 is 1.09 bits per heavy atom. The van der Waals surface area contributed by atoms with Gasteiger partial charge in [0, 0.05) is 12.4 Å². The van der Waals surface area contributed by atoms with Gasteiger partial charge in [-0.2, -0.15) is 0 Å². The molecule has 1 aromatic rings. The summed E-state index contributed by atoms with van der Waals surface area (Å²) >= 11 is -3.11. The van der Waals surface area contributed by atoms with Gasteiger partial charge in [-0.25, -0.2) is 0 Å². The zero-order valence-electron chi connectivity index (χ0n) is 6.44. The van der Waals surface area contributed by atoms with Gasteiger partial charge in [0.25, 0.3) is 0 Å². The van der Waals surface area contributed by atoms with Crippen LogP contribution >= 0.6 is 0 Å².